The number of aryl methyl sites for hydroxylation is 1. The lowest BCUT2D eigenvalue weighted by molar-refractivity contribution is -0.136. The minimum Gasteiger partial charge on any atom is -0.347 e. The van der Waals surface area contributed by atoms with Crippen LogP contribution in [0.25, 0.3) is 0 Å². The summed E-state index contributed by atoms with van der Waals surface area (Å²) < 4.78 is 12.9. The average molecular weight is 411 g/mol. The van der Waals surface area contributed by atoms with Gasteiger partial charge < -0.3 is 15.5 Å². The molecule has 1 aliphatic rings. The number of benzene rings is 2. The zero-order valence-corrected chi connectivity index (χ0v) is 17.2. The third kappa shape index (κ3) is 5.23. The molecule has 1 heterocycles. The van der Waals surface area contributed by atoms with Gasteiger partial charge in [-0.15, -0.1) is 0 Å². The summed E-state index contributed by atoms with van der Waals surface area (Å²) in [4.78, 5) is 38.6. The lowest BCUT2D eigenvalue weighted by Crippen LogP contribution is -2.38. The third-order valence-electron chi connectivity index (χ3n) is 5.04. The number of amides is 3. The Morgan fingerprint density at radius 2 is 1.80 bits per heavy atom. The van der Waals surface area contributed by atoms with Gasteiger partial charge in [0.25, 0.3) is 0 Å². The summed E-state index contributed by atoms with van der Waals surface area (Å²) in [7, 11) is 0. The molecule has 2 N–H and O–H groups in total. The van der Waals surface area contributed by atoms with Gasteiger partial charge in [0.2, 0.25) is 5.91 Å². The molecule has 158 valence electrons. The van der Waals surface area contributed by atoms with Gasteiger partial charge >= 0.3 is 11.8 Å². The minimum absolute atomic E-state index is 0.0398. The van der Waals surface area contributed by atoms with Crippen LogP contribution in [0.15, 0.2) is 42.5 Å². The van der Waals surface area contributed by atoms with E-state index in [2.05, 4.69) is 10.6 Å². The van der Waals surface area contributed by atoms with Gasteiger partial charge in [-0.05, 0) is 54.7 Å². The van der Waals surface area contributed by atoms with Gasteiger partial charge in [0.15, 0.2) is 0 Å². The summed E-state index contributed by atoms with van der Waals surface area (Å²) in [5.41, 5.74) is 3.17. The van der Waals surface area contributed by atoms with Gasteiger partial charge in [0.1, 0.15) is 5.82 Å². The Morgan fingerprint density at radius 3 is 2.50 bits per heavy atom. The van der Waals surface area contributed by atoms with Gasteiger partial charge in [-0.2, -0.15) is 0 Å². The Morgan fingerprint density at radius 1 is 1.07 bits per heavy atom. The highest BCUT2D eigenvalue weighted by atomic mass is 19.1. The highest BCUT2D eigenvalue weighted by molar-refractivity contribution is 6.39. The van der Waals surface area contributed by atoms with E-state index in [-0.39, 0.29) is 24.2 Å². The SMILES string of the molecule is CC(C)C(=O)N1CCCc2ccc(NC(=O)C(=O)NCCc3ccc(F)cc3)cc21. The van der Waals surface area contributed by atoms with Crippen LogP contribution in [0.5, 0.6) is 0 Å². The zero-order chi connectivity index (χ0) is 21.7. The Bertz CT molecular complexity index is 941. The Hall–Kier alpha value is -3.22. The van der Waals surface area contributed by atoms with Crippen molar-refractivity contribution in [2.45, 2.75) is 33.1 Å². The second-order valence-electron chi connectivity index (χ2n) is 7.68. The molecule has 0 fully saturated rings. The second-order valence-corrected chi connectivity index (χ2v) is 7.68. The van der Waals surface area contributed by atoms with Crippen LogP contribution in [-0.4, -0.2) is 30.8 Å². The summed E-state index contributed by atoms with van der Waals surface area (Å²) in [5, 5.41) is 5.16. The van der Waals surface area contributed by atoms with Crippen LogP contribution in [0.3, 0.4) is 0 Å². The molecule has 0 atom stereocenters. The normalized spacial score (nSPS) is 13.0. The van der Waals surface area contributed by atoms with E-state index in [0.717, 1.165) is 29.7 Å². The van der Waals surface area contributed by atoms with Crippen LogP contribution in [0.2, 0.25) is 0 Å². The number of hydrogen-bond donors (Lipinski definition) is 2. The number of rotatable bonds is 5. The number of nitrogens with zero attached hydrogens (tertiary/aromatic N) is 1. The number of hydrogen-bond acceptors (Lipinski definition) is 3. The van der Waals surface area contributed by atoms with Crippen LogP contribution in [0, 0.1) is 11.7 Å². The van der Waals surface area contributed by atoms with E-state index in [1.165, 1.54) is 12.1 Å². The number of anilines is 2. The van der Waals surface area contributed by atoms with Crippen molar-refractivity contribution < 1.29 is 18.8 Å². The van der Waals surface area contributed by atoms with Crippen LogP contribution >= 0.6 is 0 Å². The van der Waals surface area contributed by atoms with E-state index in [1.807, 2.05) is 19.9 Å². The molecule has 3 amide bonds. The molecule has 0 bridgehead atoms. The molecule has 0 aliphatic carbocycles. The fourth-order valence-corrected chi connectivity index (χ4v) is 3.43. The largest absolute Gasteiger partial charge is 0.347 e. The smallest absolute Gasteiger partial charge is 0.313 e. The molecule has 2 aromatic carbocycles. The predicted octanol–water partition coefficient (Wildman–Crippen LogP) is 3.06. The topological polar surface area (TPSA) is 78.5 Å². The van der Waals surface area contributed by atoms with Crippen molar-refractivity contribution in [1.29, 1.82) is 0 Å². The fraction of sp³-hybridized carbons (Fsp3) is 0.348. The van der Waals surface area contributed by atoms with E-state index in [0.29, 0.717) is 18.7 Å². The molecule has 3 rings (SSSR count). The van der Waals surface area contributed by atoms with Gasteiger partial charge in [0, 0.05) is 30.4 Å². The quantitative estimate of drug-likeness (QED) is 0.743. The molecule has 0 radical (unpaired) electrons. The van der Waals surface area contributed by atoms with Crippen molar-refractivity contribution in [2.24, 2.45) is 5.92 Å². The summed E-state index contributed by atoms with van der Waals surface area (Å²) in [6.07, 6.45) is 2.26. The lowest BCUT2D eigenvalue weighted by Gasteiger charge is -2.31. The number of carbonyl (C=O) groups is 3. The van der Waals surface area contributed by atoms with E-state index in [4.69, 9.17) is 0 Å². The molecule has 0 spiro atoms. The van der Waals surface area contributed by atoms with Crippen molar-refractivity contribution >= 4 is 29.1 Å². The number of carbonyl (C=O) groups excluding carboxylic acids is 3. The van der Waals surface area contributed by atoms with E-state index < -0.39 is 11.8 Å². The maximum absolute atomic E-state index is 12.9. The van der Waals surface area contributed by atoms with Crippen molar-refractivity contribution in [2.75, 3.05) is 23.3 Å². The number of nitrogens with one attached hydrogen (secondary N) is 2. The summed E-state index contributed by atoms with van der Waals surface area (Å²) in [5.74, 6) is -1.92. The van der Waals surface area contributed by atoms with E-state index in [1.54, 1.807) is 29.2 Å². The lowest BCUT2D eigenvalue weighted by atomic mass is 9.99. The molecule has 6 nitrogen and oxygen atoms in total. The maximum atomic E-state index is 12.9. The zero-order valence-electron chi connectivity index (χ0n) is 17.2. The molecule has 0 aromatic heterocycles. The molecule has 30 heavy (non-hydrogen) atoms. The third-order valence-corrected chi connectivity index (χ3v) is 5.04. The van der Waals surface area contributed by atoms with Crippen molar-refractivity contribution in [3.05, 3.63) is 59.4 Å². The number of fused-ring (bicyclic) bond motifs is 1. The summed E-state index contributed by atoms with van der Waals surface area (Å²) in [6.45, 7) is 4.63. The Balaban J connectivity index is 1.59. The first-order valence-corrected chi connectivity index (χ1v) is 10.1. The standard InChI is InChI=1S/C23H26FN3O3/c1-15(2)23(30)27-13-3-4-17-7-10-19(14-20(17)27)26-22(29)21(28)25-12-11-16-5-8-18(24)9-6-16/h5-10,14-15H,3-4,11-13H2,1-2H3,(H,25,28)(H,26,29). The van der Waals surface area contributed by atoms with E-state index in [9.17, 15) is 18.8 Å². The molecule has 2 aromatic rings. The molecule has 1 aliphatic heterocycles. The van der Waals surface area contributed by atoms with Crippen molar-refractivity contribution in [3.8, 4) is 0 Å². The number of halogens is 1. The highest BCUT2D eigenvalue weighted by Crippen LogP contribution is 2.31. The molecular weight excluding hydrogens is 385 g/mol. The first-order valence-electron chi connectivity index (χ1n) is 10.1. The van der Waals surface area contributed by atoms with Crippen molar-refractivity contribution in [1.82, 2.24) is 5.32 Å². The Labute approximate surface area is 175 Å². The minimum atomic E-state index is -0.772. The second kappa shape index (κ2) is 9.52. The highest BCUT2D eigenvalue weighted by Gasteiger charge is 2.25. The molecular formula is C23H26FN3O3. The molecule has 0 saturated heterocycles. The first kappa shape index (κ1) is 21.5. The van der Waals surface area contributed by atoms with Crippen LogP contribution in [0.4, 0.5) is 15.8 Å². The van der Waals surface area contributed by atoms with Crippen LogP contribution < -0.4 is 15.5 Å². The van der Waals surface area contributed by atoms with Crippen LogP contribution in [0.1, 0.15) is 31.4 Å². The summed E-state index contributed by atoms with van der Waals surface area (Å²) in [6, 6.07) is 11.4. The molecule has 7 heteroatoms. The van der Waals surface area contributed by atoms with Crippen molar-refractivity contribution in [3.63, 3.8) is 0 Å². The first-order chi connectivity index (χ1) is 14.3. The van der Waals surface area contributed by atoms with Crippen LogP contribution in [-0.2, 0) is 27.2 Å². The summed E-state index contributed by atoms with van der Waals surface area (Å²) >= 11 is 0. The Kier molecular flexibility index (Phi) is 6.82. The molecule has 0 unspecified atom stereocenters. The van der Waals surface area contributed by atoms with Gasteiger partial charge in [0.05, 0.1) is 0 Å². The van der Waals surface area contributed by atoms with Gasteiger partial charge in [-0.3, -0.25) is 14.4 Å². The molecule has 0 saturated carbocycles. The van der Waals surface area contributed by atoms with Gasteiger partial charge in [-0.1, -0.05) is 32.0 Å². The predicted molar refractivity (Wildman–Crippen MR) is 114 cm³/mol. The fourth-order valence-electron chi connectivity index (χ4n) is 3.43. The average Bonchev–Trinajstić information content (AvgIpc) is 2.74. The van der Waals surface area contributed by atoms with E-state index >= 15 is 0 Å². The maximum Gasteiger partial charge on any atom is 0.313 e. The van der Waals surface area contributed by atoms with Gasteiger partial charge in [-0.25, -0.2) is 4.39 Å². The monoisotopic (exact) mass is 411 g/mol.